The third-order valence-electron chi connectivity index (χ3n) is 4.38. The number of fused-ring (bicyclic) bond motifs is 1. The number of nitrogens with two attached hydrogens (primary N) is 1. The zero-order valence-corrected chi connectivity index (χ0v) is 16.6. The minimum absolute atomic E-state index is 0.0894. The molecule has 0 saturated carbocycles. The Morgan fingerprint density at radius 2 is 2.03 bits per heavy atom. The number of hydrogen-bond acceptors (Lipinski definition) is 7. The number of aryl methyl sites for hydroxylation is 1. The summed E-state index contributed by atoms with van der Waals surface area (Å²) in [7, 11) is 1.23. The number of nitrogens with one attached hydrogen (secondary N) is 1. The van der Waals surface area contributed by atoms with E-state index in [9.17, 15) is 23.2 Å². The Hall–Kier alpha value is -3.21. The molecule has 0 bridgehead atoms. The summed E-state index contributed by atoms with van der Waals surface area (Å²) < 4.78 is 39.6. The molecule has 0 radical (unpaired) electrons. The number of esters is 1. The van der Waals surface area contributed by atoms with E-state index >= 15 is 0 Å². The van der Waals surface area contributed by atoms with Crippen LogP contribution in [0, 0.1) is 0 Å². The van der Waals surface area contributed by atoms with Gasteiger partial charge in [-0.25, -0.2) is 4.79 Å². The number of methoxy groups -OCH3 is 1. The van der Waals surface area contributed by atoms with Crippen molar-refractivity contribution >= 4 is 34.1 Å². The molecule has 3 N–H and O–H groups in total. The summed E-state index contributed by atoms with van der Waals surface area (Å²) in [5.41, 5.74) is 6.22. The number of para-hydroxylation sites is 1. The van der Waals surface area contributed by atoms with Crippen molar-refractivity contribution in [1.82, 2.24) is 0 Å². The first-order valence-corrected chi connectivity index (χ1v) is 9.66. The molecule has 30 heavy (non-hydrogen) atoms. The van der Waals surface area contributed by atoms with Gasteiger partial charge in [-0.1, -0.05) is 6.07 Å². The van der Waals surface area contributed by atoms with Crippen molar-refractivity contribution in [1.29, 1.82) is 0 Å². The highest BCUT2D eigenvalue weighted by molar-refractivity contribution is 7.17. The van der Waals surface area contributed by atoms with Gasteiger partial charge < -0.3 is 25.3 Å². The molecule has 2 aromatic rings. The third kappa shape index (κ3) is 4.51. The van der Waals surface area contributed by atoms with Crippen molar-refractivity contribution in [3.63, 3.8) is 0 Å². The number of thiophene rings is 1. The number of benzene rings is 1. The SMILES string of the molecule is COc1cccc(C(=O)OCC(=O)Nc2sc3c(c2C(N)=O)CCC3)c1OC(F)F. The number of primary amides is 1. The number of hydrogen-bond donors (Lipinski definition) is 2. The molecule has 0 spiro atoms. The van der Waals surface area contributed by atoms with Gasteiger partial charge in [-0.2, -0.15) is 8.78 Å². The van der Waals surface area contributed by atoms with Gasteiger partial charge in [-0.3, -0.25) is 9.59 Å². The number of rotatable bonds is 8. The summed E-state index contributed by atoms with van der Waals surface area (Å²) in [4.78, 5) is 37.3. The number of carbonyl (C=O) groups is 3. The number of ether oxygens (including phenoxy) is 3. The molecule has 1 aliphatic carbocycles. The van der Waals surface area contributed by atoms with Crippen LogP contribution in [0.5, 0.6) is 11.5 Å². The Kier molecular flexibility index (Phi) is 6.50. The van der Waals surface area contributed by atoms with E-state index in [1.807, 2.05) is 0 Å². The van der Waals surface area contributed by atoms with Gasteiger partial charge in [0.15, 0.2) is 18.1 Å². The molecule has 11 heteroatoms. The molecule has 0 fully saturated rings. The Bertz CT molecular complexity index is 992. The highest BCUT2D eigenvalue weighted by atomic mass is 32.1. The van der Waals surface area contributed by atoms with Gasteiger partial charge >= 0.3 is 12.6 Å². The minimum Gasteiger partial charge on any atom is -0.493 e. The van der Waals surface area contributed by atoms with Crippen LogP contribution >= 0.6 is 11.3 Å². The highest BCUT2D eigenvalue weighted by Crippen LogP contribution is 2.39. The van der Waals surface area contributed by atoms with Crippen LogP contribution in [0.4, 0.5) is 13.8 Å². The molecule has 1 heterocycles. The second-order valence-electron chi connectivity index (χ2n) is 6.27. The van der Waals surface area contributed by atoms with E-state index < -0.39 is 36.8 Å². The molecule has 0 unspecified atom stereocenters. The van der Waals surface area contributed by atoms with E-state index in [4.69, 9.17) is 15.2 Å². The summed E-state index contributed by atoms with van der Waals surface area (Å²) in [6, 6.07) is 3.93. The van der Waals surface area contributed by atoms with Gasteiger partial charge in [-0.15, -0.1) is 11.3 Å². The summed E-state index contributed by atoms with van der Waals surface area (Å²) in [5, 5.41) is 2.83. The van der Waals surface area contributed by atoms with Gasteiger partial charge in [0.05, 0.1) is 12.7 Å². The number of carbonyl (C=O) groups excluding carboxylic acids is 3. The van der Waals surface area contributed by atoms with Crippen LogP contribution in [-0.4, -0.2) is 38.1 Å². The summed E-state index contributed by atoms with van der Waals surface area (Å²) >= 11 is 1.26. The summed E-state index contributed by atoms with van der Waals surface area (Å²) in [6.07, 6.45) is 2.42. The lowest BCUT2D eigenvalue weighted by atomic mass is 10.1. The minimum atomic E-state index is -3.19. The maximum atomic E-state index is 12.7. The quantitative estimate of drug-likeness (QED) is 0.610. The van der Waals surface area contributed by atoms with Gasteiger partial charge in [0.2, 0.25) is 0 Å². The van der Waals surface area contributed by atoms with Crippen LogP contribution in [-0.2, 0) is 22.4 Å². The zero-order valence-electron chi connectivity index (χ0n) is 15.8. The normalized spacial score (nSPS) is 12.4. The highest BCUT2D eigenvalue weighted by Gasteiger charge is 2.27. The Morgan fingerprint density at radius 3 is 2.70 bits per heavy atom. The standard InChI is InChI=1S/C19H18F2N2O6S/c1-27-11-6-2-5-10(15(11)29-19(20)21)18(26)28-8-13(24)23-17-14(16(22)25)9-4-3-7-12(9)30-17/h2,5-6,19H,3-4,7-8H2,1H3,(H2,22,25)(H,23,24). The van der Waals surface area contributed by atoms with E-state index in [0.717, 1.165) is 23.3 Å². The third-order valence-corrected chi connectivity index (χ3v) is 5.59. The van der Waals surface area contributed by atoms with Gasteiger partial charge in [0, 0.05) is 4.88 Å². The number of amides is 2. The van der Waals surface area contributed by atoms with Crippen LogP contribution in [0.3, 0.4) is 0 Å². The molecule has 8 nitrogen and oxygen atoms in total. The van der Waals surface area contributed by atoms with Crippen LogP contribution in [0.25, 0.3) is 0 Å². The molecule has 0 saturated heterocycles. The molecule has 3 rings (SSSR count). The summed E-state index contributed by atoms with van der Waals surface area (Å²) in [6.45, 7) is -3.89. The second-order valence-corrected chi connectivity index (χ2v) is 7.37. The molecule has 1 aromatic heterocycles. The van der Waals surface area contributed by atoms with Gasteiger partial charge in [0.25, 0.3) is 11.8 Å². The molecular weight excluding hydrogens is 422 g/mol. The number of anilines is 1. The molecule has 1 aromatic carbocycles. The molecule has 0 atom stereocenters. The molecule has 160 valence electrons. The topological polar surface area (TPSA) is 117 Å². The van der Waals surface area contributed by atoms with E-state index in [1.165, 1.54) is 36.6 Å². The van der Waals surface area contributed by atoms with Crippen molar-refractivity contribution in [2.24, 2.45) is 5.73 Å². The first-order valence-electron chi connectivity index (χ1n) is 8.85. The lowest BCUT2D eigenvalue weighted by Crippen LogP contribution is -2.23. The van der Waals surface area contributed by atoms with Crippen LogP contribution in [0.2, 0.25) is 0 Å². The van der Waals surface area contributed by atoms with E-state index in [1.54, 1.807) is 0 Å². The van der Waals surface area contributed by atoms with Crippen LogP contribution in [0.1, 0.15) is 37.6 Å². The maximum absolute atomic E-state index is 12.7. The smallest absolute Gasteiger partial charge is 0.387 e. The first kappa shape index (κ1) is 21.5. The Morgan fingerprint density at radius 1 is 1.27 bits per heavy atom. The molecular formula is C19H18F2N2O6S. The fraction of sp³-hybridized carbons (Fsp3) is 0.316. The average Bonchev–Trinajstić information content (AvgIpc) is 3.26. The molecule has 0 aliphatic heterocycles. The van der Waals surface area contributed by atoms with Crippen LogP contribution in [0.15, 0.2) is 18.2 Å². The second kappa shape index (κ2) is 9.08. The largest absolute Gasteiger partial charge is 0.493 e. The number of halogens is 2. The van der Waals surface area contributed by atoms with Crippen molar-refractivity contribution < 1.29 is 37.4 Å². The zero-order chi connectivity index (χ0) is 21.8. The van der Waals surface area contributed by atoms with Crippen molar-refractivity contribution in [2.75, 3.05) is 19.0 Å². The van der Waals surface area contributed by atoms with Gasteiger partial charge in [-0.05, 0) is 37.0 Å². The van der Waals surface area contributed by atoms with Crippen LogP contribution < -0.4 is 20.5 Å². The summed E-state index contributed by atoms with van der Waals surface area (Å²) in [5.74, 6) is -2.99. The van der Waals surface area contributed by atoms with Crippen molar-refractivity contribution in [3.8, 4) is 11.5 Å². The maximum Gasteiger partial charge on any atom is 0.387 e. The predicted octanol–water partition coefficient (Wildman–Crippen LogP) is 2.74. The predicted molar refractivity (Wildman–Crippen MR) is 103 cm³/mol. The van der Waals surface area contributed by atoms with Gasteiger partial charge in [0.1, 0.15) is 10.6 Å². The fourth-order valence-electron chi connectivity index (χ4n) is 3.17. The molecule has 1 aliphatic rings. The lowest BCUT2D eigenvalue weighted by molar-refractivity contribution is -0.119. The lowest BCUT2D eigenvalue weighted by Gasteiger charge is -2.13. The monoisotopic (exact) mass is 440 g/mol. The van der Waals surface area contributed by atoms with E-state index in [0.29, 0.717) is 11.4 Å². The fourth-order valence-corrected chi connectivity index (χ4v) is 4.48. The number of alkyl halides is 2. The Balaban J connectivity index is 1.69. The van der Waals surface area contributed by atoms with Crippen molar-refractivity contribution in [2.45, 2.75) is 25.9 Å². The first-order chi connectivity index (χ1) is 14.3. The van der Waals surface area contributed by atoms with E-state index in [2.05, 4.69) is 10.1 Å². The Labute approximate surface area is 173 Å². The van der Waals surface area contributed by atoms with E-state index in [-0.39, 0.29) is 16.9 Å². The van der Waals surface area contributed by atoms with Crippen molar-refractivity contribution in [3.05, 3.63) is 39.8 Å². The average molecular weight is 440 g/mol. The molecule has 2 amide bonds.